The van der Waals surface area contributed by atoms with Crippen molar-refractivity contribution < 1.29 is 9.59 Å². The van der Waals surface area contributed by atoms with E-state index >= 15 is 0 Å². The lowest BCUT2D eigenvalue weighted by atomic mass is 10.0. The van der Waals surface area contributed by atoms with Crippen molar-refractivity contribution in [2.24, 2.45) is 0 Å². The Labute approximate surface area is 170 Å². The Hall–Kier alpha value is -4.02. The second kappa shape index (κ2) is 7.10. The fourth-order valence-electron chi connectivity index (χ4n) is 3.73. The third-order valence-corrected chi connectivity index (χ3v) is 5.30. The third-order valence-electron chi connectivity index (χ3n) is 5.30. The van der Waals surface area contributed by atoms with Gasteiger partial charge in [0.05, 0.1) is 18.8 Å². The maximum Gasteiger partial charge on any atom is 0.272 e. The van der Waals surface area contributed by atoms with E-state index in [1.807, 2.05) is 30.3 Å². The normalized spacial score (nSPS) is 13.4. The van der Waals surface area contributed by atoms with Crippen LogP contribution in [0.5, 0.6) is 0 Å². The number of para-hydroxylation sites is 1. The summed E-state index contributed by atoms with van der Waals surface area (Å²) < 4.78 is 0. The van der Waals surface area contributed by atoms with Gasteiger partial charge in [-0.2, -0.15) is 5.10 Å². The molecule has 0 radical (unpaired) electrons. The molecule has 0 spiro atoms. The van der Waals surface area contributed by atoms with Crippen LogP contribution in [0.4, 0.5) is 0 Å². The van der Waals surface area contributed by atoms with Crippen molar-refractivity contribution in [2.45, 2.75) is 19.5 Å². The summed E-state index contributed by atoms with van der Waals surface area (Å²) in [5.41, 5.74) is 3.40. The quantitative estimate of drug-likeness (QED) is 0.460. The number of benzene rings is 1. The summed E-state index contributed by atoms with van der Waals surface area (Å²) in [5, 5.41) is 21.6. The average molecular weight is 405 g/mol. The van der Waals surface area contributed by atoms with Crippen molar-refractivity contribution in [3.8, 4) is 0 Å². The minimum Gasteiger partial charge on any atom is -0.351 e. The topological polar surface area (TPSA) is 140 Å². The second-order valence-corrected chi connectivity index (χ2v) is 7.28. The van der Waals surface area contributed by atoms with Gasteiger partial charge in [-0.3, -0.25) is 14.7 Å². The molecule has 1 aliphatic rings. The van der Waals surface area contributed by atoms with E-state index in [1.165, 1.54) is 4.90 Å². The van der Waals surface area contributed by atoms with Gasteiger partial charge < -0.3 is 14.8 Å². The molecule has 152 valence electrons. The molecule has 0 saturated heterocycles. The number of hydrogen-bond donors (Lipinski definition) is 3. The summed E-state index contributed by atoms with van der Waals surface area (Å²) in [6.07, 6.45) is 0.584. The van der Waals surface area contributed by atoms with Crippen LogP contribution in [0.2, 0.25) is 0 Å². The van der Waals surface area contributed by atoms with Gasteiger partial charge in [0.15, 0.2) is 5.82 Å². The lowest BCUT2D eigenvalue weighted by Crippen LogP contribution is -2.37. The number of aromatic nitrogens is 7. The van der Waals surface area contributed by atoms with Gasteiger partial charge in [-0.1, -0.05) is 18.2 Å². The van der Waals surface area contributed by atoms with E-state index in [0.29, 0.717) is 36.7 Å². The molecule has 4 aromatic rings. The number of rotatable bonds is 4. The number of hydrogen-bond acceptors (Lipinski definition) is 6. The zero-order chi connectivity index (χ0) is 20.7. The second-order valence-electron chi connectivity index (χ2n) is 7.28. The molecule has 0 unspecified atom stereocenters. The molecular weight excluding hydrogens is 386 g/mol. The first kappa shape index (κ1) is 18.0. The van der Waals surface area contributed by atoms with Crippen LogP contribution < -0.4 is 0 Å². The van der Waals surface area contributed by atoms with Gasteiger partial charge in [0.25, 0.3) is 11.8 Å². The largest absolute Gasteiger partial charge is 0.351 e. The highest BCUT2D eigenvalue weighted by Gasteiger charge is 2.30. The van der Waals surface area contributed by atoms with E-state index in [0.717, 1.165) is 22.2 Å². The van der Waals surface area contributed by atoms with E-state index in [2.05, 4.69) is 35.8 Å². The summed E-state index contributed by atoms with van der Waals surface area (Å²) in [5.74, 6) is 0.146. The number of tetrazole rings is 1. The lowest BCUT2D eigenvalue weighted by molar-refractivity contribution is 0.0717. The predicted octanol–water partition coefficient (Wildman–Crippen LogP) is 0.875. The molecule has 4 heterocycles. The van der Waals surface area contributed by atoms with E-state index in [1.54, 1.807) is 11.9 Å². The number of H-pyrrole nitrogens is 3. The summed E-state index contributed by atoms with van der Waals surface area (Å²) in [7, 11) is 1.66. The SMILES string of the molecule is CN(Cc1nnn[nH]1)C(=O)c1[nH]nc2c1CN(C(=O)c1cc3ccccc3[nH]1)CC2. The Morgan fingerprint density at radius 2 is 2.10 bits per heavy atom. The predicted molar refractivity (Wildman–Crippen MR) is 105 cm³/mol. The molecule has 11 nitrogen and oxygen atoms in total. The Bertz CT molecular complexity index is 1190. The molecular formula is C19H19N9O2. The number of amides is 2. The zero-order valence-corrected chi connectivity index (χ0v) is 16.2. The van der Waals surface area contributed by atoms with Crippen LogP contribution in [0.25, 0.3) is 10.9 Å². The van der Waals surface area contributed by atoms with Crippen LogP contribution in [0, 0.1) is 0 Å². The Morgan fingerprint density at radius 3 is 2.90 bits per heavy atom. The fraction of sp³-hybridized carbons (Fsp3) is 0.263. The molecule has 0 saturated carbocycles. The van der Waals surface area contributed by atoms with E-state index < -0.39 is 0 Å². The molecule has 0 fully saturated rings. The first-order valence-electron chi connectivity index (χ1n) is 9.51. The standard InChI is InChI=1S/C19H19N9O2/c1-27(10-16-22-25-26-23-16)19(30)17-12-9-28(7-6-14(12)21-24-17)18(29)15-8-11-4-2-3-5-13(11)20-15/h2-5,8,20H,6-7,9-10H2,1H3,(H,21,24)(H,22,23,25,26). The van der Waals surface area contributed by atoms with Crippen LogP contribution in [-0.4, -0.2) is 71.0 Å². The summed E-state index contributed by atoms with van der Waals surface area (Å²) in [6, 6.07) is 9.62. The lowest BCUT2D eigenvalue weighted by Gasteiger charge is -2.27. The monoisotopic (exact) mass is 405 g/mol. The maximum absolute atomic E-state index is 13.1. The van der Waals surface area contributed by atoms with E-state index in [9.17, 15) is 9.59 Å². The first-order valence-corrected chi connectivity index (χ1v) is 9.51. The van der Waals surface area contributed by atoms with Gasteiger partial charge in [-0.05, 0) is 22.6 Å². The van der Waals surface area contributed by atoms with Gasteiger partial charge in [-0.15, -0.1) is 5.10 Å². The van der Waals surface area contributed by atoms with Gasteiger partial charge in [0.1, 0.15) is 11.4 Å². The van der Waals surface area contributed by atoms with Crippen LogP contribution in [0.15, 0.2) is 30.3 Å². The van der Waals surface area contributed by atoms with Gasteiger partial charge in [0.2, 0.25) is 0 Å². The molecule has 1 aliphatic heterocycles. The molecule has 11 heteroatoms. The van der Waals surface area contributed by atoms with E-state index in [4.69, 9.17) is 0 Å². The number of fused-ring (bicyclic) bond motifs is 2. The molecule has 2 amide bonds. The highest BCUT2D eigenvalue weighted by molar-refractivity contribution is 5.98. The number of carbonyl (C=O) groups excluding carboxylic acids is 2. The van der Waals surface area contributed by atoms with E-state index in [-0.39, 0.29) is 18.4 Å². The molecule has 1 aromatic carbocycles. The fourth-order valence-corrected chi connectivity index (χ4v) is 3.73. The highest BCUT2D eigenvalue weighted by Crippen LogP contribution is 2.24. The number of nitrogens with zero attached hydrogens (tertiary/aromatic N) is 6. The number of aromatic amines is 3. The summed E-state index contributed by atoms with van der Waals surface area (Å²) in [4.78, 5) is 32.4. The Balaban J connectivity index is 1.36. The van der Waals surface area contributed by atoms with Crippen molar-refractivity contribution in [3.05, 3.63) is 58.8 Å². The van der Waals surface area contributed by atoms with Crippen molar-refractivity contribution in [3.63, 3.8) is 0 Å². The molecule has 0 atom stereocenters. The minimum atomic E-state index is -0.236. The number of nitrogens with one attached hydrogen (secondary N) is 3. The smallest absolute Gasteiger partial charge is 0.272 e. The molecule has 30 heavy (non-hydrogen) atoms. The van der Waals surface area contributed by atoms with Crippen LogP contribution >= 0.6 is 0 Å². The minimum absolute atomic E-state index is 0.0995. The first-order chi connectivity index (χ1) is 14.6. The maximum atomic E-state index is 13.1. The number of carbonyl (C=O) groups is 2. The van der Waals surface area contributed by atoms with Crippen LogP contribution in [0.3, 0.4) is 0 Å². The molecule has 5 rings (SSSR count). The van der Waals surface area contributed by atoms with Crippen LogP contribution in [0.1, 0.15) is 38.1 Å². The third kappa shape index (κ3) is 3.09. The summed E-state index contributed by atoms with van der Waals surface area (Å²) >= 11 is 0. The van der Waals surface area contributed by atoms with Crippen molar-refractivity contribution >= 4 is 22.7 Å². The molecule has 0 aliphatic carbocycles. The Kier molecular flexibility index (Phi) is 4.27. The molecule has 0 bridgehead atoms. The van der Waals surface area contributed by atoms with Crippen molar-refractivity contribution in [1.82, 2.24) is 45.6 Å². The average Bonchev–Trinajstić information content (AvgIpc) is 3.51. The molecule has 3 aromatic heterocycles. The van der Waals surface area contributed by atoms with Crippen LogP contribution in [-0.2, 0) is 19.5 Å². The van der Waals surface area contributed by atoms with Crippen molar-refractivity contribution in [1.29, 1.82) is 0 Å². The zero-order valence-electron chi connectivity index (χ0n) is 16.2. The summed E-state index contributed by atoms with van der Waals surface area (Å²) in [6.45, 7) is 1.09. The van der Waals surface area contributed by atoms with Gasteiger partial charge in [-0.25, -0.2) is 5.10 Å². The van der Waals surface area contributed by atoms with Gasteiger partial charge >= 0.3 is 0 Å². The van der Waals surface area contributed by atoms with Crippen molar-refractivity contribution in [2.75, 3.05) is 13.6 Å². The van der Waals surface area contributed by atoms with Gasteiger partial charge in [0, 0.05) is 36.5 Å². The molecule has 3 N–H and O–H groups in total. The highest BCUT2D eigenvalue weighted by atomic mass is 16.2. The Morgan fingerprint density at radius 1 is 1.23 bits per heavy atom.